The van der Waals surface area contributed by atoms with E-state index >= 15 is 0 Å². The molecule has 146 valence electrons. The Labute approximate surface area is 169 Å². The van der Waals surface area contributed by atoms with Crippen LogP contribution in [0.2, 0.25) is 0 Å². The summed E-state index contributed by atoms with van der Waals surface area (Å²) in [4.78, 5) is 26.8. The maximum Gasteiger partial charge on any atom is 0.243 e. The highest BCUT2D eigenvalue weighted by Crippen LogP contribution is 2.42. The van der Waals surface area contributed by atoms with Crippen molar-refractivity contribution in [1.29, 1.82) is 0 Å². The first-order valence-electron chi connectivity index (χ1n) is 9.18. The summed E-state index contributed by atoms with van der Waals surface area (Å²) in [6.07, 6.45) is 0.667. The van der Waals surface area contributed by atoms with Crippen molar-refractivity contribution in [3.63, 3.8) is 0 Å². The number of hydrogen-bond donors (Lipinski definition) is 0. The van der Waals surface area contributed by atoms with Crippen LogP contribution in [-0.2, 0) is 9.59 Å². The second-order valence-electron chi connectivity index (χ2n) is 6.14. The topological polar surface area (TPSA) is 62.2 Å². The monoisotopic (exact) mass is 397 g/mol. The second-order valence-corrected chi connectivity index (χ2v) is 7.18. The highest BCUT2D eigenvalue weighted by Gasteiger charge is 2.37. The minimum Gasteiger partial charge on any atom is -0.497 e. The summed E-state index contributed by atoms with van der Waals surface area (Å²) >= 11 is 1.40. The number of methoxy groups -OCH3 is 1. The summed E-state index contributed by atoms with van der Waals surface area (Å²) in [5.74, 6) is 0.574. The average molecular weight is 398 g/mol. The molecule has 0 unspecified atom stereocenters. The van der Waals surface area contributed by atoms with Crippen molar-refractivity contribution in [1.82, 2.24) is 5.01 Å². The lowest BCUT2D eigenvalue weighted by atomic mass is 10.2. The van der Waals surface area contributed by atoms with Crippen LogP contribution < -0.4 is 9.64 Å². The van der Waals surface area contributed by atoms with Crippen LogP contribution in [-0.4, -0.2) is 29.1 Å². The van der Waals surface area contributed by atoms with Crippen LogP contribution in [0.5, 0.6) is 5.75 Å². The number of nitrogens with zero attached hydrogens (tertiary/aromatic N) is 3. The molecule has 1 aliphatic heterocycles. The molecule has 2 aromatic rings. The minimum absolute atomic E-state index is 0.0725. The molecule has 0 saturated heterocycles. The van der Waals surface area contributed by atoms with Gasteiger partial charge < -0.3 is 4.74 Å². The Bertz CT molecular complexity index is 868. The molecule has 1 aliphatic rings. The van der Waals surface area contributed by atoms with E-state index in [2.05, 4.69) is 5.10 Å². The number of ether oxygens (including phenoxy) is 1. The fourth-order valence-electron chi connectivity index (χ4n) is 2.84. The van der Waals surface area contributed by atoms with Crippen molar-refractivity contribution in [2.45, 2.75) is 32.1 Å². The van der Waals surface area contributed by atoms with Gasteiger partial charge in [0, 0.05) is 12.8 Å². The number of benzene rings is 2. The molecule has 7 heteroatoms. The number of hydrogen-bond acceptors (Lipinski definition) is 5. The maximum absolute atomic E-state index is 12.7. The van der Waals surface area contributed by atoms with Crippen LogP contribution in [0.1, 0.15) is 37.6 Å². The fourth-order valence-corrected chi connectivity index (χ4v) is 4.04. The van der Waals surface area contributed by atoms with Gasteiger partial charge in [0.15, 0.2) is 5.17 Å². The lowest BCUT2D eigenvalue weighted by Gasteiger charge is -2.21. The highest BCUT2D eigenvalue weighted by atomic mass is 32.2. The van der Waals surface area contributed by atoms with Gasteiger partial charge in [0.2, 0.25) is 11.8 Å². The number of amides is 2. The predicted octanol–water partition coefficient (Wildman–Crippen LogP) is 4.39. The number of anilines is 1. The van der Waals surface area contributed by atoms with Gasteiger partial charge in [0.05, 0.1) is 12.8 Å². The molecule has 0 aromatic heterocycles. The van der Waals surface area contributed by atoms with E-state index in [9.17, 15) is 9.59 Å². The van der Waals surface area contributed by atoms with E-state index in [1.165, 1.54) is 16.8 Å². The average Bonchev–Trinajstić information content (AvgIpc) is 3.18. The van der Waals surface area contributed by atoms with Gasteiger partial charge in [-0.15, -0.1) is 5.10 Å². The van der Waals surface area contributed by atoms with Gasteiger partial charge >= 0.3 is 0 Å². The largest absolute Gasteiger partial charge is 0.497 e. The molecular weight excluding hydrogens is 374 g/mol. The van der Waals surface area contributed by atoms with E-state index < -0.39 is 0 Å². The van der Waals surface area contributed by atoms with E-state index in [-0.39, 0.29) is 17.2 Å². The summed E-state index contributed by atoms with van der Waals surface area (Å²) in [5.41, 5.74) is 1.66. The molecule has 1 heterocycles. The van der Waals surface area contributed by atoms with Crippen LogP contribution in [0.3, 0.4) is 0 Å². The Morgan fingerprint density at radius 1 is 1.07 bits per heavy atom. The number of carbonyl (C=O) groups is 2. The van der Waals surface area contributed by atoms with Crippen molar-refractivity contribution in [3.8, 4) is 5.75 Å². The van der Waals surface area contributed by atoms with E-state index in [0.29, 0.717) is 18.0 Å². The van der Waals surface area contributed by atoms with Crippen LogP contribution in [0.15, 0.2) is 59.7 Å². The normalized spacial score (nSPS) is 15.9. The summed E-state index contributed by atoms with van der Waals surface area (Å²) in [7, 11) is 1.61. The standard InChI is InChI=1S/C21H23N3O3S/c1-4-18(25)23(16-9-7-6-8-10-16)21-22-24(19(26)5-2)20(28-21)15-11-13-17(27-3)14-12-15/h6-14,20H,4-5H2,1-3H3/t20-/m0/s1. The van der Waals surface area contributed by atoms with Crippen molar-refractivity contribution in [3.05, 3.63) is 60.2 Å². The van der Waals surface area contributed by atoms with E-state index in [1.54, 1.807) is 18.9 Å². The molecule has 0 radical (unpaired) electrons. The zero-order valence-corrected chi connectivity index (χ0v) is 17.0. The molecule has 0 spiro atoms. The first-order chi connectivity index (χ1) is 13.6. The van der Waals surface area contributed by atoms with Gasteiger partial charge in [-0.3, -0.25) is 14.5 Å². The molecule has 1 atom stereocenters. The summed E-state index contributed by atoms with van der Waals surface area (Å²) in [6, 6.07) is 16.9. The molecule has 28 heavy (non-hydrogen) atoms. The van der Waals surface area contributed by atoms with Crippen molar-refractivity contribution >= 4 is 34.4 Å². The van der Waals surface area contributed by atoms with E-state index in [1.807, 2.05) is 61.5 Å². The molecule has 0 bridgehead atoms. The van der Waals surface area contributed by atoms with Crippen LogP contribution in [0.25, 0.3) is 0 Å². The number of hydrazone groups is 1. The Kier molecular flexibility index (Phi) is 6.36. The second kappa shape index (κ2) is 8.93. The summed E-state index contributed by atoms with van der Waals surface area (Å²) < 4.78 is 5.22. The van der Waals surface area contributed by atoms with E-state index in [0.717, 1.165) is 17.0 Å². The van der Waals surface area contributed by atoms with Crippen molar-refractivity contribution in [2.75, 3.05) is 12.0 Å². The zero-order valence-electron chi connectivity index (χ0n) is 16.2. The van der Waals surface area contributed by atoms with E-state index in [4.69, 9.17) is 4.74 Å². The van der Waals surface area contributed by atoms with Crippen molar-refractivity contribution < 1.29 is 14.3 Å². The first-order valence-corrected chi connectivity index (χ1v) is 10.1. The van der Waals surface area contributed by atoms with Crippen LogP contribution >= 0.6 is 11.8 Å². The Balaban J connectivity index is 1.98. The molecule has 3 rings (SSSR count). The molecule has 6 nitrogen and oxygen atoms in total. The van der Waals surface area contributed by atoms with Gasteiger partial charge in [0.25, 0.3) is 0 Å². The smallest absolute Gasteiger partial charge is 0.243 e. The molecular formula is C21H23N3O3S. The van der Waals surface area contributed by atoms with Crippen LogP contribution in [0.4, 0.5) is 5.69 Å². The summed E-state index contributed by atoms with van der Waals surface area (Å²) in [5, 5.41) is 6.19. The van der Waals surface area contributed by atoms with Gasteiger partial charge in [0.1, 0.15) is 11.1 Å². The molecule has 2 amide bonds. The first kappa shape index (κ1) is 19.9. The third-order valence-electron chi connectivity index (χ3n) is 4.35. The lowest BCUT2D eigenvalue weighted by Crippen LogP contribution is -2.34. The molecule has 2 aromatic carbocycles. The number of carbonyl (C=O) groups excluding carboxylic acids is 2. The minimum atomic E-state index is -0.329. The summed E-state index contributed by atoms with van der Waals surface area (Å²) in [6.45, 7) is 3.62. The zero-order chi connectivity index (χ0) is 20.1. The molecule has 0 aliphatic carbocycles. The van der Waals surface area contributed by atoms with Gasteiger partial charge in [-0.05, 0) is 29.8 Å². The SMILES string of the molecule is CCC(=O)N(C1=NN(C(=O)CC)[C@H](c2ccc(OC)cc2)S1)c1ccccc1. The van der Waals surface area contributed by atoms with Gasteiger partial charge in [-0.1, -0.05) is 55.9 Å². The number of rotatable bonds is 5. The number of thioether (sulfide) groups is 1. The Hall–Kier alpha value is -2.80. The number of amidine groups is 1. The van der Waals surface area contributed by atoms with Crippen LogP contribution in [0, 0.1) is 0 Å². The van der Waals surface area contributed by atoms with Gasteiger partial charge in [-0.25, -0.2) is 5.01 Å². The third kappa shape index (κ3) is 4.04. The quantitative estimate of drug-likeness (QED) is 0.750. The predicted molar refractivity (Wildman–Crippen MR) is 112 cm³/mol. The maximum atomic E-state index is 12.7. The Morgan fingerprint density at radius 3 is 2.32 bits per heavy atom. The fraction of sp³-hybridized carbons (Fsp3) is 0.286. The third-order valence-corrected chi connectivity index (χ3v) is 5.52. The molecule has 0 fully saturated rings. The van der Waals surface area contributed by atoms with Gasteiger partial charge in [-0.2, -0.15) is 0 Å². The molecule has 0 N–H and O–H groups in total. The Morgan fingerprint density at radius 2 is 1.75 bits per heavy atom. The lowest BCUT2D eigenvalue weighted by molar-refractivity contribution is -0.131. The molecule has 0 saturated carbocycles. The number of para-hydroxylation sites is 1. The highest BCUT2D eigenvalue weighted by molar-refractivity contribution is 8.14. The van der Waals surface area contributed by atoms with Crippen molar-refractivity contribution in [2.24, 2.45) is 5.10 Å².